The van der Waals surface area contributed by atoms with E-state index in [2.05, 4.69) is 0 Å². The molecule has 1 aromatic carbocycles. The molecule has 0 aliphatic heterocycles. The molecule has 0 aliphatic carbocycles. The van der Waals surface area contributed by atoms with Crippen molar-refractivity contribution in [3.05, 3.63) is 58.3 Å². The SMILES string of the molecule is O=Cc1cc(-c2cccs2)c(C=O)cc1-c1cccs1. The minimum atomic E-state index is 0.612. The molecule has 4 heteroatoms. The Hall–Kier alpha value is -2.04. The number of aldehydes is 2. The summed E-state index contributed by atoms with van der Waals surface area (Å²) in [5.74, 6) is 0. The predicted molar refractivity (Wildman–Crippen MR) is 83.8 cm³/mol. The van der Waals surface area contributed by atoms with E-state index in [9.17, 15) is 9.59 Å². The monoisotopic (exact) mass is 298 g/mol. The number of carbonyl (C=O) groups excluding carboxylic acids is 2. The molecule has 0 fully saturated rings. The Kier molecular flexibility index (Phi) is 3.58. The Bertz CT molecular complexity index is 675. The smallest absolute Gasteiger partial charge is 0.150 e. The summed E-state index contributed by atoms with van der Waals surface area (Å²) in [6.07, 6.45) is 1.70. The fourth-order valence-corrected chi connectivity index (χ4v) is 3.65. The summed E-state index contributed by atoms with van der Waals surface area (Å²) in [6, 6.07) is 11.4. The third kappa shape index (κ3) is 2.24. The molecule has 3 rings (SSSR count). The van der Waals surface area contributed by atoms with Crippen LogP contribution in [0.1, 0.15) is 20.7 Å². The second kappa shape index (κ2) is 5.53. The van der Waals surface area contributed by atoms with Crippen molar-refractivity contribution in [1.29, 1.82) is 0 Å². The summed E-state index contributed by atoms with van der Waals surface area (Å²) in [5.41, 5.74) is 2.86. The number of benzene rings is 1. The molecule has 3 aromatic rings. The first kappa shape index (κ1) is 13.0. The van der Waals surface area contributed by atoms with Gasteiger partial charge in [0.05, 0.1) is 0 Å². The summed E-state index contributed by atoms with van der Waals surface area (Å²) in [7, 11) is 0. The van der Waals surface area contributed by atoms with Crippen molar-refractivity contribution in [3.8, 4) is 20.9 Å². The van der Waals surface area contributed by atoms with Crippen molar-refractivity contribution >= 4 is 35.2 Å². The molecule has 0 radical (unpaired) electrons. The third-order valence-corrected chi connectivity index (χ3v) is 4.86. The third-order valence-electron chi connectivity index (χ3n) is 3.05. The van der Waals surface area contributed by atoms with E-state index in [1.165, 1.54) is 0 Å². The normalized spacial score (nSPS) is 10.4. The van der Waals surface area contributed by atoms with Crippen LogP contribution in [-0.4, -0.2) is 12.6 Å². The number of rotatable bonds is 4. The van der Waals surface area contributed by atoms with Crippen molar-refractivity contribution < 1.29 is 9.59 Å². The molecule has 0 unspecified atom stereocenters. The van der Waals surface area contributed by atoms with Gasteiger partial charge >= 0.3 is 0 Å². The van der Waals surface area contributed by atoms with E-state index in [0.29, 0.717) is 11.1 Å². The molecule has 98 valence electrons. The van der Waals surface area contributed by atoms with Crippen LogP contribution in [0, 0.1) is 0 Å². The van der Waals surface area contributed by atoms with Crippen LogP contribution in [0.5, 0.6) is 0 Å². The van der Waals surface area contributed by atoms with Crippen molar-refractivity contribution in [2.75, 3.05) is 0 Å². The van der Waals surface area contributed by atoms with Gasteiger partial charge in [0, 0.05) is 32.0 Å². The minimum Gasteiger partial charge on any atom is -0.298 e. The summed E-state index contributed by atoms with van der Waals surface area (Å²) in [4.78, 5) is 24.7. The molecule has 0 bridgehead atoms. The Labute approximate surface area is 124 Å². The number of hydrogen-bond acceptors (Lipinski definition) is 4. The number of hydrogen-bond donors (Lipinski definition) is 0. The summed E-state index contributed by atoms with van der Waals surface area (Å²) in [5, 5.41) is 3.91. The lowest BCUT2D eigenvalue weighted by molar-refractivity contribution is 0.111. The molecule has 0 aliphatic rings. The molecule has 0 spiro atoms. The highest BCUT2D eigenvalue weighted by molar-refractivity contribution is 7.14. The quantitative estimate of drug-likeness (QED) is 0.650. The second-order valence-electron chi connectivity index (χ2n) is 4.22. The highest BCUT2D eigenvalue weighted by Crippen LogP contribution is 2.34. The maximum absolute atomic E-state index is 11.4. The van der Waals surface area contributed by atoms with E-state index in [1.807, 2.05) is 35.0 Å². The van der Waals surface area contributed by atoms with Gasteiger partial charge in [-0.05, 0) is 35.0 Å². The first-order valence-corrected chi connectivity index (χ1v) is 7.75. The molecule has 0 N–H and O–H groups in total. The minimum absolute atomic E-state index is 0.612. The maximum Gasteiger partial charge on any atom is 0.150 e. The van der Waals surface area contributed by atoms with E-state index in [1.54, 1.807) is 34.8 Å². The van der Waals surface area contributed by atoms with Crippen LogP contribution >= 0.6 is 22.7 Å². The molecule has 2 aromatic heterocycles. The zero-order valence-corrected chi connectivity index (χ0v) is 12.0. The first-order valence-electron chi connectivity index (χ1n) is 5.99. The van der Waals surface area contributed by atoms with Crippen LogP contribution in [0.4, 0.5) is 0 Å². The fourth-order valence-electron chi connectivity index (χ4n) is 2.12. The van der Waals surface area contributed by atoms with Crippen LogP contribution in [0.2, 0.25) is 0 Å². The lowest BCUT2D eigenvalue weighted by Crippen LogP contribution is -1.93. The largest absolute Gasteiger partial charge is 0.298 e. The van der Waals surface area contributed by atoms with Crippen molar-refractivity contribution in [1.82, 2.24) is 0 Å². The van der Waals surface area contributed by atoms with Gasteiger partial charge in [0.15, 0.2) is 12.6 Å². The zero-order chi connectivity index (χ0) is 13.9. The molecule has 2 nitrogen and oxygen atoms in total. The van der Waals surface area contributed by atoms with E-state index in [-0.39, 0.29) is 0 Å². The highest BCUT2D eigenvalue weighted by atomic mass is 32.1. The Morgan fingerprint density at radius 1 is 0.750 bits per heavy atom. The molecule has 20 heavy (non-hydrogen) atoms. The lowest BCUT2D eigenvalue weighted by atomic mass is 9.97. The van der Waals surface area contributed by atoms with Gasteiger partial charge in [0.1, 0.15) is 0 Å². The first-order chi connectivity index (χ1) is 9.83. The molecular weight excluding hydrogens is 288 g/mol. The average molecular weight is 298 g/mol. The van der Waals surface area contributed by atoms with Gasteiger partial charge in [-0.1, -0.05) is 12.1 Å². The van der Waals surface area contributed by atoms with E-state index in [0.717, 1.165) is 33.5 Å². The van der Waals surface area contributed by atoms with Gasteiger partial charge in [0.25, 0.3) is 0 Å². The van der Waals surface area contributed by atoms with Gasteiger partial charge in [0.2, 0.25) is 0 Å². The van der Waals surface area contributed by atoms with Crippen molar-refractivity contribution in [3.63, 3.8) is 0 Å². The number of carbonyl (C=O) groups is 2. The Balaban J connectivity index is 2.25. The van der Waals surface area contributed by atoms with Crippen LogP contribution in [-0.2, 0) is 0 Å². The molecule has 0 amide bonds. The average Bonchev–Trinajstić information content (AvgIpc) is 3.18. The molecule has 0 saturated carbocycles. The fraction of sp³-hybridized carbons (Fsp3) is 0. The van der Waals surface area contributed by atoms with Gasteiger partial charge in [-0.25, -0.2) is 0 Å². The van der Waals surface area contributed by atoms with E-state index in [4.69, 9.17) is 0 Å². The molecule has 0 saturated heterocycles. The van der Waals surface area contributed by atoms with Gasteiger partial charge < -0.3 is 0 Å². The molecule has 2 heterocycles. The van der Waals surface area contributed by atoms with Crippen LogP contribution < -0.4 is 0 Å². The second-order valence-corrected chi connectivity index (χ2v) is 6.11. The maximum atomic E-state index is 11.4. The summed E-state index contributed by atoms with van der Waals surface area (Å²) < 4.78 is 0. The van der Waals surface area contributed by atoms with Crippen molar-refractivity contribution in [2.24, 2.45) is 0 Å². The van der Waals surface area contributed by atoms with E-state index >= 15 is 0 Å². The van der Waals surface area contributed by atoms with Crippen LogP contribution in [0.25, 0.3) is 20.9 Å². The van der Waals surface area contributed by atoms with Gasteiger partial charge in [-0.3, -0.25) is 9.59 Å². The van der Waals surface area contributed by atoms with Crippen LogP contribution in [0.15, 0.2) is 47.2 Å². The zero-order valence-electron chi connectivity index (χ0n) is 10.4. The lowest BCUT2D eigenvalue weighted by Gasteiger charge is -2.08. The molecular formula is C16H10O2S2. The van der Waals surface area contributed by atoms with Gasteiger partial charge in [-0.15, -0.1) is 22.7 Å². The topological polar surface area (TPSA) is 34.1 Å². The summed E-state index contributed by atoms with van der Waals surface area (Å²) in [6.45, 7) is 0. The highest BCUT2D eigenvalue weighted by Gasteiger charge is 2.13. The molecule has 0 atom stereocenters. The number of thiophene rings is 2. The Morgan fingerprint density at radius 2 is 1.20 bits per heavy atom. The van der Waals surface area contributed by atoms with E-state index < -0.39 is 0 Å². The van der Waals surface area contributed by atoms with Crippen LogP contribution in [0.3, 0.4) is 0 Å². The predicted octanol–water partition coefficient (Wildman–Crippen LogP) is 4.77. The van der Waals surface area contributed by atoms with Crippen molar-refractivity contribution in [2.45, 2.75) is 0 Å². The summed E-state index contributed by atoms with van der Waals surface area (Å²) >= 11 is 3.11. The standard InChI is InChI=1S/C16H10O2S2/c17-9-11-8-14(16-4-2-6-20-16)12(10-18)7-13(11)15-3-1-5-19-15/h1-10H. The van der Waals surface area contributed by atoms with Gasteiger partial charge in [-0.2, -0.15) is 0 Å². The Morgan fingerprint density at radius 3 is 1.50 bits per heavy atom.